The van der Waals surface area contributed by atoms with Crippen LogP contribution in [0.3, 0.4) is 0 Å². The van der Waals surface area contributed by atoms with Crippen LogP contribution < -0.4 is 5.32 Å². The lowest BCUT2D eigenvalue weighted by molar-refractivity contribution is 0.101. The fourth-order valence-electron chi connectivity index (χ4n) is 3.71. The van der Waals surface area contributed by atoms with Gasteiger partial charge in [0, 0.05) is 40.6 Å². The van der Waals surface area contributed by atoms with Gasteiger partial charge in [0.2, 0.25) is 0 Å². The van der Waals surface area contributed by atoms with Gasteiger partial charge in [0.1, 0.15) is 0 Å². The summed E-state index contributed by atoms with van der Waals surface area (Å²) >= 11 is 0. The van der Waals surface area contributed by atoms with Crippen LogP contribution in [-0.2, 0) is 0 Å². The van der Waals surface area contributed by atoms with Gasteiger partial charge in [0.05, 0.1) is 0 Å². The quantitative estimate of drug-likeness (QED) is 0.619. The van der Waals surface area contributed by atoms with Crippen molar-refractivity contribution in [3.8, 4) is 0 Å². The van der Waals surface area contributed by atoms with Crippen molar-refractivity contribution in [2.75, 3.05) is 0 Å². The molecule has 4 rings (SSSR count). The van der Waals surface area contributed by atoms with Gasteiger partial charge in [0.15, 0.2) is 11.6 Å². The second kappa shape index (κ2) is 8.11. The lowest BCUT2D eigenvalue weighted by atomic mass is 9.77. The van der Waals surface area contributed by atoms with E-state index >= 15 is 0 Å². The van der Waals surface area contributed by atoms with Gasteiger partial charge in [-0.25, -0.2) is 0 Å². The molecule has 1 N–H and O–H groups in total. The SMILES string of the molecule is Cc1ccccc1C1C(C(=O)c2ccccc2)=CNC=C1C(=O)c1ccccc1. The lowest BCUT2D eigenvalue weighted by Crippen LogP contribution is -2.26. The van der Waals surface area contributed by atoms with Crippen LogP contribution in [0.5, 0.6) is 0 Å². The standard InChI is InChI=1S/C26H21NO2/c1-18-10-8-9-15-21(18)24-22(25(28)19-11-4-2-5-12-19)16-27-17-23(24)26(29)20-13-6-3-7-14-20/h2-17,24,27H,1H3. The minimum Gasteiger partial charge on any atom is -0.367 e. The van der Waals surface area contributed by atoms with Gasteiger partial charge < -0.3 is 5.32 Å². The third-order valence-electron chi connectivity index (χ3n) is 5.20. The third kappa shape index (κ3) is 3.67. The Kier molecular flexibility index (Phi) is 5.21. The molecule has 1 aliphatic heterocycles. The Morgan fingerprint density at radius 1 is 0.655 bits per heavy atom. The first-order valence-electron chi connectivity index (χ1n) is 9.58. The Bertz CT molecular complexity index is 1040. The number of aryl methyl sites for hydroxylation is 1. The van der Waals surface area contributed by atoms with Gasteiger partial charge in [-0.1, -0.05) is 84.9 Å². The molecule has 142 valence electrons. The maximum absolute atomic E-state index is 13.4. The predicted octanol–water partition coefficient (Wildman–Crippen LogP) is 5.22. The number of ketones is 2. The molecule has 0 aromatic heterocycles. The number of nitrogens with one attached hydrogen (secondary N) is 1. The van der Waals surface area contributed by atoms with E-state index in [0.717, 1.165) is 11.1 Å². The van der Waals surface area contributed by atoms with E-state index in [1.54, 1.807) is 36.7 Å². The average molecular weight is 379 g/mol. The summed E-state index contributed by atoms with van der Waals surface area (Å²) < 4.78 is 0. The fourth-order valence-corrected chi connectivity index (χ4v) is 3.71. The first kappa shape index (κ1) is 18.6. The van der Waals surface area contributed by atoms with Gasteiger partial charge in [-0.3, -0.25) is 9.59 Å². The number of dihydropyridines is 1. The summed E-state index contributed by atoms with van der Waals surface area (Å²) in [6.45, 7) is 2.01. The number of Topliss-reactive ketones (excluding diaryl/α,β-unsaturated/α-hetero) is 2. The second-order valence-corrected chi connectivity index (χ2v) is 7.05. The van der Waals surface area contributed by atoms with Crippen molar-refractivity contribution in [2.45, 2.75) is 12.8 Å². The number of hydrogen-bond donors (Lipinski definition) is 1. The van der Waals surface area contributed by atoms with Crippen molar-refractivity contribution in [2.24, 2.45) is 0 Å². The summed E-state index contributed by atoms with van der Waals surface area (Å²) in [5, 5.41) is 3.04. The van der Waals surface area contributed by atoms with Crippen molar-refractivity contribution in [1.29, 1.82) is 0 Å². The van der Waals surface area contributed by atoms with Crippen molar-refractivity contribution in [3.63, 3.8) is 0 Å². The van der Waals surface area contributed by atoms with Crippen LogP contribution in [0.4, 0.5) is 0 Å². The van der Waals surface area contributed by atoms with E-state index in [1.807, 2.05) is 67.6 Å². The molecule has 0 unspecified atom stereocenters. The highest BCUT2D eigenvalue weighted by molar-refractivity contribution is 6.15. The van der Waals surface area contributed by atoms with Gasteiger partial charge in [0.25, 0.3) is 0 Å². The molecule has 1 heterocycles. The minimum absolute atomic E-state index is 0.0854. The minimum atomic E-state index is -0.433. The summed E-state index contributed by atoms with van der Waals surface area (Å²) in [4.78, 5) is 26.7. The Morgan fingerprint density at radius 3 is 1.59 bits per heavy atom. The number of allylic oxidation sites excluding steroid dienone is 2. The largest absolute Gasteiger partial charge is 0.367 e. The maximum atomic E-state index is 13.4. The van der Waals surface area contributed by atoms with Crippen LogP contribution in [0, 0.1) is 6.92 Å². The average Bonchev–Trinajstić information content (AvgIpc) is 2.79. The van der Waals surface area contributed by atoms with E-state index < -0.39 is 5.92 Å². The molecule has 0 bridgehead atoms. The smallest absolute Gasteiger partial charge is 0.191 e. The molecule has 0 aliphatic carbocycles. The van der Waals surface area contributed by atoms with Crippen molar-refractivity contribution < 1.29 is 9.59 Å². The first-order valence-corrected chi connectivity index (χ1v) is 9.58. The summed E-state index contributed by atoms with van der Waals surface area (Å²) in [6.07, 6.45) is 3.43. The van der Waals surface area contributed by atoms with E-state index in [1.165, 1.54) is 0 Å². The maximum Gasteiger partial charge on any atom is 0.191 e. The topological polar surface area (TPSA) is 46.2 Å². The summed E-state index contributed by atoms with van der Waals surface area (Å²) in [5.74, 6) is -0.603. The van der Waals surface area contributed by atoms with Gasteiger partial charge >= 0.3 is 0 Å². The predicted molar refractivity (Wildman–Crippen MR) is 115 cm³/mol. The van der Waals surface area contributed by atoms with E-state index in [0.29, 0.717) is 22.3 Å². The number of rotatable bonds is 5. The van der Waals surface area contributed by atoms with E-state index in [9.17, 15) is 9.59 Å². The zero-order valence-corrected chi connectivity index (χ0v) is 16.1. The van der Waals surface area contributed by atoms with Gasteiger partial charge in [-0.05, 0) is 18.1 Å². The Balaban J connectivity index is 1.82. The van der Waals surface area contributed by atoms with E-state index in [-0.39, 0.29) is 11.6 Å². The Hall–Kier alpha value is -3.72. The highest BCUT2D eigenvalue weighted by Gasteiger charge is 2.33. The van der Waals surface area contributed by atoms with Crippen LogP contribution in [0.1, 0.15) is 37.8 Å². The molecule has 0 radical (unpaired) electrons. The first-order chi connectivity index (χ1) is 14.2. The van der Waals surface area contributed by atoms with E-state index in [2.05, 4.69) is 5.32 Å². The molecular weight excluding hydrogens is 358 g/mol. The summed E-state index contributed by atoms with van der Waals surface area (Å²) in [5.41, 5.74) is 4.33. The molecule has 1 aliphatic rings. The van der Waals surface area contributed by atoms with Crippen LogP contribution >= 0.6 is 0 Å². The van der Waals surface area contributed by atoms with Crippen molar-refractivity contribution >= 4 is 11.6 Å². The molecule has 3 aromatic rings. The van der Waals surface area contributed by atoms with Gasteiger partial charge in [-0.2, -0.15) is 0 Å². The van der Waals surface area contributed by atoms with Crippen LogP contribution in [0.25, 0.3) is 0 Å². The molecule has 3 aromatic carbocycles. The molecule has 0 spiro atoms. The molecule has 0 saturated carbocycles. The number of benzene rings is 3. The highest BCUT2D eigenvalue weighted by atomic mass is 16.1. The molecule has 3 heteroatoms. The summed E-state index contributed by atoms with van der Waals surface area (Å²) in [6, 6.07) is 26.3. The van der Waals surface area contributed by atoms with Crippen molar-refractivity contribution in [3.05, 3.63) is 131 Å². The molecule has 0 fully saturated rings. The Labute approximate surface area is 170 Å². The van der Waals surface area contributed by atoms with Crippen LogP contribution in [0.15, 0.2) is 108 Å². The van der Waals surface area contributed by atoms with Gasteiger partial charge in [-0.15, -0.1) is 0 Å². The highest BCUT2D eigenvalue weighted by Crippen LogP contribution is 2.38. The monoisotopic (exact) mass is 379 g/mol. The zero-order valence-electron chi connectivity index (χ0n) is 16.1. The summed E-state index contributed by atoms with van der Waals surface area (Å²) in [7, 11) is 0. The lowest BCUT2D eigenvalue weighted by Gasteiger charge is -2.27. The second-order valence-electron chi connectivity index (χ2n) is 7.05. The van der Waals surface area contributed by atoms with Crippen LogP contribution in [0.2, 0.25) is 0 Å². The zero-order chi connectivity index (χ0) is 20.2. The van der Waals surface area contributed by atoms with E-state index in [4.69, 9.17) is 0 Å². The molecule has 0 atom stereocenters. The Morgan fingerprint density at radius 2 is 1.10 bits per heavy atom. The number of hydrogen-bond acceptors (Lipinski definition) is 3. The van der Waals surface area contributed by atoms with Crippen LogP contribution in [-0.4, -0.2) is 11.6 Å². The fraction of sp³-hybridized carbons (Fsp3) is 0.0769. The molecule has 0 amide bonds. The number of carbonyl (C=O) groups excluding carboxylic acids is 2. The molecular formula is C26H21NO2. The molecule has 29 heavy (non-hydrogen) atoms. The molecule has 3 nitrogen and oxygen atoms in total. The normalized spacial score (nSPS) is 13.8. The molecule has 0 saturated heterocycles. The number of carbonyl (C=O) groups is 2. The van der Waals surface area contributed by atoms with Crippen molar-refractivity contribution in [1.82, 2.24) is 5.32 Å². The third-order valence-corrected chi connectivity index (χ3v) is 5.20.